The van der Waals surface area contributed by atoms with E-state index in [0.717, 1.165) is 5.56 Å². The fraction of sp³-hybridized carbons (Fsp3) is 0.259. The molecule has 2 N–H and O–H groups in total. The van der Waals surface area contributed by atoms with Crippen LogP contribution in [0.5, 0.6) is 11.5 Å². The average Bonchev–Trinajstić information content (AvgIpc) is 3.43. The number of carbonyl (C=O) groups is 2. The Labute approximate surface area is 208 Å². The van der Waals surface area contributed by atoms with Crippen molar-refractivity contribution in [1.82, 2.24) is 4.90 Å². The van der Waals surface area contributed by atoms with Gasteiger partial charge in [-0.05, 0) is 66.4 Å². The highest BCUT2D eigenvalue weighted by Gasteiger charge is 2.46. The number of nitrogens with zero attached hydrogens (tertiary/aromatic N) is 1. The number of likely N-dealkylation sites (tertiary alicyclic amines) is 1. The second-order valence-electron chi connectivity index (χ2n) is 8.56. The van der Waals surface area contributed by atoms with Crippen LogP contribution in [-0.4, -0.2) is 33.4 Å². The van der Waals surface area contributed by atoms with Crippen LogP contribution in [0.3, 0.4) is 0 Å². The van der Waals surface area contributed by atoms with Crippen molar-refractivity contribution in [1.29, 1.82) is 0 Å². The number of hydrogen-bond donors (Lipinski definition) is 2. The summed E-state index contributed by atoms with van der Waals surface area (Å²) in [4.78, 5) is 27.7. The Hall–Kier alpha value is -3.71. The molecule has 1 atom stereocenters. The number of ether oxygens (including phenoxy) is 1. The Balaban J connectivity index is 1.89. The van der Waals surface area contributed by atoms with E-state index in [0.29, 0.717) is 29.2 Å². The molecule has 0 bridgehead atoms. The first-order valence-corrected chi connectivity index (χ1v) is 11.7. The average molecular weight is 496 g/mol. The topological polar surface area (TPSA) is 100 Å². The minimum absolute atomic E-state index is 0.0119. The van der Waals surface area contributed by atoms with E-state index in [1.807, 2.05) is 20.8 Å². The van der Waals surface area contributed by atoms with Crippen LogP contribution in [0, 0.1) is 0 Å². The quantitative estimate of drug-likeness (QED) is 0.245. The van der Waals surface area contributed by atoms with Gasteiger partial charge in [-0.3, -0.25) is 9.59 Å². The Morgan fingerprint density at radius 3 is 2.57 bits per heavy atom. The van der Waals surface area contributed by atoms with E-state index in [-0.39, 0.29) is 34.6 Å². The molecule has 8 heteroatoms. The summed E-state index contributed by atoms with van der Waals surface area (Å²) in [5.41, 5.74) is 1.66. The van der Waals surface area contributed by atoms with Gasteiger partial charge in [0.15, 0.2) is 0 Å². The van der Waals surface area contributed by atoms with Crippen LogP contribution >= 0.6 is 11.6 Å². The van der Waals surface area contributed by atoms with Crippen LogP contribution in [0.4, 0.5) is 0 Å². The predicted molar refractivity (Wildman–Crippen MR) is 131 cm³/mol. The number of aromatic hydroxyl groups is 1. The van der Waals surface area contributed by atoms with Gasteiger partial charge in [-0.15, -0.1) is 0 Å². The van der Waals surface area contributed by atoms with Crippen LogP contribution in [0.15, 0.2) is 64.8 Å². The number of benzene rings is 2. The van der Waals surface area contributed by atoms with E-state index in [1.165, 1.54) is 23.3 Å². The fourth-order valence-electron chi connectivity index (χ4n) is 4.24. The molecular formula is C27H26ClNO6. The molecule has 0 saturated carbocycles. The summed E-state index contributed by atoms with van der Waals surface area (Å²) in [5, 5.41) is 21.3. The highest BCUT2D eigenvalue weighted by molar-refractivity contribution is 6.46. The number of halogens is 1. The molecule has 1 aromatic heterocycles. The van der Waals surface area contributed by atoms with Gasteiger partial charge in [-0.2, -0.15) is 0 Å². The SMILES string of the molecule is CCOc1ccc(/C(O)=C2/C(=O)C(=O)N(Cc3ccco3)C2c2ccc(O)c(Cl)c2)cc1C(C)C. The lowest BCUT2D eigenvalue weighted by atomic mass is 9.93. The van der Waals surface area contributed by atoms with Crippen molar-refractivity contribution in [2.75, 3.05) is 6.61 Å². The first kappa shape index (κ1) is 24.4. The smallest absolute Gasteiger partial charge is 0.296 e. The zero-order chi connectivity index (χ0) is 25.3. The maximum atomic E-state index is 13.2. The van der Waals surface area contributed by atoms with Gasteiger partial charge in [0.05, 0.1) is 36.1 Å². The van der Waals surface area contributed by atoms with Gasteiger partial charge in [0.2, 0.25) is 0 Å². The van der Waals surface area contributed by atoms with Crippen molar-refractivity contribution >= 4 is 29.1 Å². The molecule has 1 saturated heterocycles. The van der Waals surface area contributed by atoms with Gasteiger partial charge >= 0.3 is 0 Å². The van der Waals surface area contributed by atoms with Crippen LogP contribution in [-0.2, 0) is 16.1 Å². The fourth-order valence-corrected chi connectivity index (χ4v) is 4.43. The number of phenolic OH excluding ortho intramolecular Hbond substituents is 1. The molecule has 1 fully saturated rings. The highest BCUT2D eigenvalue weighted by atomic mass is 35.5. The van der Waals surface area contributed by atoms with Crippen molar-refractivity contribution < 1.29 is 29.0 Å². The molecule has 0 radical (unpaired) electrons. The lowest BCUT2D eigenvalue weighted by molar-refractivity contribution is -0.140. The van der Waals surface area contributed by atoms with Gasteiger partial charge in [0.25, 0.3) is 11.7 Å². The second-order valence-corrected chi connectivity index (χ2v) is 8.96. The zero-order valence-corrected chi connectivity index (χ0v) is 20.4. The second kappa shape index (κ2) is 9.88. The molecule has 0 aliphatic carbocycles. The summed E-state index contributed by atoms with van der Waals surface area (Å²) < 4.78 is 11.1. The summed E-state index contributed by atoms with van der Waals surface area (Å²) in [6, 6.07) is 12.1. The number of ketones is 1. The van der Waals surface area contributed by atoms with Gasteiger partial charge < -0.3 is 24.3 Å². The first-order valence-electron chi connectivity index (χ1n) is 11.3. The molecule has 1 aliphatic heterocycles. The van der Waals surface area contributed by atoms with E-state index < -0.39 is 17.7 Å². The summed E-state index contributed by atoms with van der Waals surface area (Å²) >= 11 is 6.15. The van der Waals surface area contributed by atoms with Gasteiger partial charge in [0.1, 0.15) is 23.0 Å². The molecule has 182 valence electrons. The normalized spacial score (nSPS) is 17.4. The third-order valence-electron chi connectivity index (χ3n) is 5.94. The van der Waals surface area contributed by atoms with Crippen LogP contribution in [0.25, 0.3) is 5.76 Å². The molecule has 35 heavy (non-hydrogen) atoms. The predicted octanol–water partition coefficient (Wildman–Crippen LogP) is 5.78. The monoisotopic (exact) mass is 495 g/mol. The number of furan rings is 1. The highest BCUT2D eigenvalue weighted by Crippen LogP contribution is 2.42. The number of carbonyl (C=O) groups excluding carboxylic acids is 2. The number of aliphatic hydroxyl groups is 1. The summed E-state index contributed by atoms with van der Waals surface area (Å²) in [6.45, 7) is 6.40. The minimum Gasteiger partial charge on any atom is -0.507 e. The molecule has 0 spiro atoms. The molecule has 2 aromatic carbocycles. The van der Waals surface area contributed by atoms with E-state index in [4.69, 9.17) is 20.8 Å². The number of hydrogen-bond acceptors (Lipinski definition) is 6. The standard InChI is InChI=1S/C27H26ClNO6/c1-4-34-22-10-8-17(12-19(22)15(2)3)25(31)23-24(16-7-9-21(30)20(28)13-16)29(27(33)26(23)32)14-18-6-5-11-35-18/h5-13,15,24,30-31H,4,14H2,1-3H3/b25-23-. The molecule has 3 aromatic rings. The molecule has 1 aliphatic rings. The van der Waals surface area contributed by atoms with E-state index in [1.54, 1.807) is 36.4 Å². The molecule has 2 heterocycles. The van der Waals surface area contributed by atoms with Crippen LogP contribution in [0.2, 0.25) is 5.02 Å². The minimum atomic E-state index is -0.938. The number of phenols is 1. The van der Waals surface area contributed by atoms with Crippen molar-refractivity contribution in [3.63, 3.8) is 0 Å². The molecule has 1 amide bonds. The summed E-state index contributed by atoms with van der Waals surface area (Å²) in [5.74, 6) is -0.757. The Kier molecular flexibility index (Phi) is 6.89. The third kappa shape index (κ3) is 4.64. The number of aliphatic hydroxyl groups excluding tert-OH is 1. The Morgan fingerprint density at radius 1 is 1.17 bits per heavy atom. The van der Waals surface area contributed by atoms with E-state index in [2.05, 4.69) is 0 Å². The summed E-state index contributed by atoms with van der Waals surface area (Å²) in [7, 11) is 0. The molecule has 4 rings (SSSR count). The van der Waals surface area contributed by atoms with Crippen molar-refractivity contribution in [3.05, 3.63) is 87.8 Å². The maximum Gasteiger partial charge on any atom is 0.296 e. The Morgan fingerprint density at radius 2 is 1.94 bits per heavy atom. The Bertz CT molecular complexity index is 1300. The zero-order valence-electron chi connectivity index (χ0n) is 19.6. The van der Waals surface area contributed by atoms with Crippen molar-refractivity contribution in [2.24, 2.45) is 0 Å². The van der Waals surface area contributed by atoms with Crippen molar-refractivity contribution in [2.45, 2.75) is 39.3 Å². The van der Waals surface area contributed by atoms with Gasteiger partial charge in [0, 0.05) is 5.56 Å². The van der Waals surface area contributed by atoms with Gasteiger partial charge in [-0.25, -0.2) is 0 Å². The van der Waals surface area contributed by atoms with E-state index >= 15 is 0 Å². The third-order valence-corrected chi connectivity index (χ3v) is 6.24. The van der Waals surface area contributed by atoms with Crippen molar-refractivity contribution in [3.8, 4) is 11.5 Å². The number of rotatable bonds is 7. The lowest BCUT2D eigenvalue weighted by Gasteiger charge is -2.25. The van der Waals surface area contributed by atoms with E-state index in [9.17, 15) is 19.8 Å². The molecule has 1 unspecified atom stereocenters. The van der Waals surface area contributed by atoms with Gasteiger partial charge in [-0.1, -0.05) is 31.5 Å². The number of Topliss-reactive ketones (excluding diaryl/α,β-unsaturated/α-hetero) is 1. The van der Waals surface area contributed by atoms with Crippen LogP contribution in [0.1, 0.15) is 55.2 Å². The summed E-state index contributed by atoms with van der Waals surface area (Å²) in [6.07, 6.45) is 1.48. The lowest BCUT2D eigenvalue weighted by Crippen LogP contribution is -2.29. The maximum absolute atomic E-state index is 13.2. The van der Waals surface area contributed by atoms with Crippen LogP contribution < -0.4 is 4.74 Å². The first-order chi connectivity index (χ1) is 16.7. The molecular weight excluding hydrogens is 470 g/mol. The molecule has 7 nitrogen and oxygen atoms in total. The largest absolute Gasteiger partial charge is 0.507 e. The number of amides is 1.